The van der Waals surface area contributed by atoms with Gasteiger partial charge >= 0.3 is 0 Å². The number of amides is 1. The maximum Gasteiger partial charge on any atom is 0.267 e. The van der Waals surface area contributed by atoms with E-state index in [1.807, 2.05) is 13.0 Å². The number of nitrogens with zero attached hydrogens (tertiary/aromatic N) is 3. The Morgan fingerprint density at radius 2 is 2.17 bits per heavy atom. The number of thiocarbonyl (C=S) groups is 1. The smallest absolute Gasteiger partial charge is 0.267 e. The van der Waals surface area contributed by atoms with Gasteiger partial charge < -0.3 is 5.32 Å². The number of carbonyl (C=O) groups is 1. The van der Waals surface area contributed by atoms with E-state index < -0.39 is 0 Å². The zero-order chi connectivity index (χ0) is 16.6. The van der Waals surface area contributed by atoms with Crippen molar-refractivity contribution in [3.63, 3.8) is 0 Å². The molecule has 0 unspecified atom stereocenters. The molecule has 0 saturated carbocycles. The van der Waals surface area contributed by atoms with E-state index in [1.165, 1.54) is 21.1 Å². The molecule has 23 heavy (non-hydrogen) atoms. The molecule has 1 saturated heterocycles. The molecule has 1 amide bonds. The molecule has 0 bridgehead atoms. The molecular formula is C15H14N4O2S2. The third-order valence-electron chi connectivity index (χ3n) is 3.47. The van der Waals surface area contributed by atoms with Crippen LogP contribution in [-0.4, -0.2) is 38.1 Å². The summed E-state index contributed by atoms with van der Waals surface area (Å²) in [5.41, 5.74) is 0.648. The lowest BCUT2D eigenvalue weighted by molar-refractivity contribution is -0.121. The number of likely N-dealkylation sites (N-methyl/N-ethyl adjacent to an activating group) is 1. The van der Waals surface area contributed by atoms with Gasteiger partial charge in [0.1, 0.15) is 15.8 Å². The van der Waals surface area contributed by atoms with E-state index in [-0.39, 0.29) is 11.5 Å². The molecule has 0 aliphatic carbocycles. The Kier molecular flexibility index (Phi) is 4.18. The molecule has 2 aromatic rings. The van der Waals surface area contributed by atoms with Gasteiger partial charge in [0.15, 0.2) is 0 Å². The molecule has 1 aliphatic rings. The molecule has 2 aromatic heterocycles. The van der Waals surface area contributed by atoms with E-state index in [9.17, 15) is 9.59 Å². The number of aromatic nitrogens is 2. The van der Waals surface area contributed by atoms with Crippen LogP contribution in [0.1, 0.15) is 12.5 Å². The third kappa shape index (κ3) is 2.64. The van der Waals surface area contributed by atoms with Crippen LogP contribution < -0.4 is 10.9 Å². The van der Waals surface area contributed by atoms with E-state index in [4.69, 9.17) is 12.2 Å². The van der Waals surface area contributed by atoms with Crippen LogP contribution >= 0.6 is 24.0 Å². The summed E-state index contributed by atoms with van der Waals surface area (Å²) in [6.07, 6.45) is 3.22. The molecule has 1 fully saturated rings. The van der Waals surface area contributed by atoms with Crippen molar-refractivity contribution in [1.29, 1.82) is 0 Å². The van der Waals surface area contributed by atoms with Gasteiger partial charge in [0.05, 0.1) is 10.5 Å². The Labute approximate surface area is 142 Å². The molecule has 6 nitrogen and oxygen atoms in total. The molecule has 1 aliphatic heterocycles. The molecule has 3 rings (SSSR count). The Bertz CT molecular complexity index is 904. The lowest BCUT2D eigenvalue weighted by atomic mass is 10.2. The summed E-state index contributed by atoms with van der Waals surface area (Å²) < 4.78 is 1.95. The second-order valence-electron chi connectivity index (χ2n) is 4.78. The molecule has 0 spiro atoms. The normalized spacial score (nSPS) is 16.6. The van der Waals surface area contributed by atoms with Crippen LogP contribution in [0, 0.1) is 0 Å². The summed E-state index contributed by atoms with van der Waals surface area (Å²) in [6, 6.07) is 5.32. The second-order valence-corrected chi connectivity index (χ2v) is 6.46. The molecular weight excluding hydrogens is 332 g/mol. The van der Waals surface area contributed by atoms with Crippen LogP contribution in [0.5, 0.6) is 0 Å². The highest BCUT2D eigenvalue weighted by Gasteiger charge is 2.31. The number of pyridine rings is 1. The predicted molar refractivity (Wildman–Crippen MR) is 96.6 cm³/mol. The minimum atomic E-state index is -0.235. The second kappa shape index (κ2) is 6.13. The number of carbonyl (C=O) groups excluding carboxylic acids is 1. The van der Waals surface area contributed by atoms with E-state index in [0.29, 0.717) is 32.8 Å². The number of rotatable bonds is 3. The summed E-state index contributed by atoms with van der Waals surface area (Å²) in [4.78, 5) is 31.4. The Balaban J connectivity index is 2.19. The van der Waals surface area contributed by atoms with Gasteiger partial charge in [-0.1, -0.05) is 30.0 Å². The van der Waals surface area contributed by atoms with Gasteiger partial charge in [-0.25, -0.2) is 4.98 Å². The van der Waals surface area contributed by atoms with Gasteiger partial charge in [0.25, 0.3) is 11.5 Å². The summed E-state index contributed by atoms with van der Waals surface area (Å²) in [7, 11) is 1.69. The summed E-state index contributed by atoms with van der Waals surface area (Å²) in [5.74, 6) is 0.255. The molecule has 0 atom stereocenters. The largest absolute Gasteiger partial charge is 0.372 e. The molecule has 118 valence electrons. The van der Waals surface area contributed by atoms with E-state index >= 15 is 0 Å². The average molecular weight is 346 g/mol. The first kappa shape index (κ1) is 15.7. The van der Waals surface area contributed by atoms with Crippen LogP contribution in [0.2, 0.25) is 0 Å². The fourth-order valence-electron chi connectivity index (χ4n) is 2.33. The number of nitrogens with one attached hydrogen (secondary N) is 1. The summed E-state index contributed by atoms with van der Waals surface area (Å²) >= 11 is 6.39. The first-order chi connectivity index (χ1) is 11.1. The minimum absolute atomic E-state index is 0.179. The fourth-order valence-corrected chi connectivity index (χ4v) is 3.69. The average Bonchev–Trinajstić information content (AvgIpc) is 2.83. The molecule has 3 heterocycles. The SMILES string of the molecule is CCN1C(=O)/C(=C/c2c(NC)nc3ccccn3c2=O)SC1=S. The van der Waals surface area contributed by atoms with Crippen molar-refractivity contribution in [2.24, 2.45) is 0 Å². The van der Waals surface area contributed by atoms with E-state index in [2.05, 4.69) is 10.3 Å². The highest BCUT2D eigenvalue weighted by atomic mass is 32.2. The maximum absolute atomic E-state index is 12.7. The fraction of sp³-hybridized carbons (Fsp3) is 0.200. The molecule has 1 N–H and O–H groups in total. The van der Waals surface area contributed by atoms with Crippen LogP contribution in [0.25, 0.3) is 11.7 Å². The van der Waals surface area contributed by atoms with Crippen molar-refractivity contribution in [3.8, 4) is 0 Å². The van der Waals surface area contributed by atoms with Crippen LogP contribution in [0.3, 0.4) is 0 Å². The van der Waals surface area contributed by atoms with Crippen molar-refractivity contribution in [2.45, 2.75) is 6.92 Å². The molecule has 0 aromatic carbocycles. The predicted octanol–water partition coefficient (Wildman–Crippen LogP) is 1.96. The monoisotopic (exact) mass is 346 g/mol. The van der Waals surface area contributed by atoms with Crippen molar-refractivity contribution >= 4 is 51.7 Å². The van der Waals surface area contributed by atoms with Gasteiger partial charge in [0, 0.05) is 19.8 Å². The highest BCUT2D eigenvalue weighted by molar-refractivity contribution is 8.26. The quantitative estimate of drug-likeness (QED) is 0.677. The first-order valence-corrected chi connectivity index (χ1v) is 8.23. The Morgan fingerprint density at radius 3 is 2.83 bits per heavy atom. The molecule has 0 radical (unpaired) electrons. The van der Waals surface area contributed by atoms with Crippen LogP contribution in [0.4, 0.5) is 5.82 Å². The topological polar surface area (TPSA) is 66.7 Å². The number of hydrogen-bond donors (Lipinski definition) is 1. The van der Waals surface area contributed by atoms with Gasteiger partial charge in [-0.2, -0.15) is 0 Å². The van der Waals surface area contributed by atoms with Crippen LogP contribution in [-0.2, 0) is 4.79 Å². The first-order valence-electron chi connectivity index (χ1n) is 7.01. The van der Waals surface area contributed by atoms with Crippen LogP contribution in [0.15, 0.2) is 34.1 Å². The highest BCUT2D eigenvalue weighted by Crippen LogP contribution is 2.32. The zero-order valence-electron chi connectivity index (χ0n) is 12.6. The number of fused-ring (bicyclic) bond motifs is 1. The summed E-state index contributed by atoms with van der Waals surface area (Å²) in [5, 5.41) is 2.92. The van der Waals surface area contributed by atoms with Crippen molar-refractivity contribution < 1.29 is 4.79 Å². The van der Waals surface area contributed by atoms with E-state index in [0.717, 1.165) is 0 Å². The van der Waals surface area contributed by atoms with Gasteiger partial charge in [-0.15, -0.1) is 0 Å². The minimum Gasteiger partial charge on any atom is -0.372 e. The number of anilines is 1. The number of hydrogen-bond acceptors (Lipinski definition) is 6. The summed E-state index contributed by atoms with van der Waals surface area (Å²) in [6.45, 7) is 2.37. The lowest BCUT2D eigenvalue weighted by Gasteiger charge is -2.10. The standard InChI is InChI=1S/C15H14N4O2S2/c1-3-18-14(21)10(23-15(18)22)8-9-12(16-2)17-11-6-4-5-7-19(11)13(9)20/h4-8,16H,3H2,1-2H3/b10-8-. The van der Waals surface area contributed by atoms with Crippen molar-refractivity contribution in [2.75, 3.05) is 18.9 Å². The Morgan fingerprint density at radius 1 is 1.39 bits per heavy atom. The third-order valence-corrected chi connectivity index (χ3v) is 4.85. The number of thioether (sulfide) groups is 1. The Hall–Kier alpha value is -2.19. The van der Waals surface area contributed by atoms with Gasteiger partial charge in [-0.05, 0) is 25.1 Å². The van der Waals surface area contributed by atoms with E-state index in [1.54, 1.807) is 31.5 Å². The lowest BCUT2D eigenvalue weighted by Crippen LogP contribution is -2.27. The molecule has 8 heteroatoms. The van der Waals surface area contributed by atoms with Crippen molar-refractivity contribution in [3.05, 3.63) is 45.2 Å². The van der Waals surface area contributed by atoms with Gasteiger partial charge in [-0.3, -0.25) is 18.9 Å². The zero-order valence-corrected chi connectivity index (χ0v) is 14.2. The van der Waals surface area contributed by atoms with Gasteiger partial charge in [0.2, 0.25) is 0 Å². The van der Waals surface area contributed by atoms with Crippen molar-refractivity contribution in [1.82, 2.24) is 14.3 Å². The maximum atomic E-state index is 12.7.